The lowest BCUT2D eigenvalue weighted by Crippen LogP contribution is -2.26. The van der Waals surface area contributed by atoms with Crippen LogP contribution in [0.5, 0.6) is 5.75 Å². The molecule has 0 aliphatic heterocycles. The average molecular weight is 233 g/mol. The number of carbonyl (C=O) groups is 1. The summed E-state index contributed by atoms with van der Waals surface area (Å²) in [4.78, 5) is 11.9. The first-order valence-electron chi connectivity index (χ1n) is 5.40. The number of phenolic OH excluding ortho intramolecular Hbond substituents is 1. The van der Waals surface area contributed by atoms with Crippen LogP contribution in [0.4, 0.5) is 4.79 Å². The zero-order valence-corrected chi connectivity index (χ0v) is 10.1. The summed E-state index contributed by atoms with van der Waals surface area (Å²) in [6.45, 7) is 5.44. The first-order valence-corrected chi connectivity index (χ1v) is 5.40. The lowest BCUT2D eigenvalue weighted by Gasteiger charge is -2.19. The molecule has 17 heavy (non-hydrogen) atoms. The van der Waals surface area contributed by atoms with Gasteiger partial charge < -0.3 is 9.84 Å². The number of hydrogen-bond acceptors (Lipinski definition) is 3. The Morgan fingerprint density at radius 2 is 2.00 bits per heavy atom. The van der Waals surface area contributed by atoms with E-state index in [1.54, 1.807) is 30.5 Å². The van der Waals surface area contributed by atoms with Gasteiger partial charge in [-0.2, -0.15) is 0 Å². The van der Waals surface area contributed by atoms with Crippen molar-refractivity contribution in [3.05, 3.63) is 30.5 Å². The number of rotatable bonds is 0. The van der Waals surface area contributed by atoms with Gasteiger partial charge in [0.1, 0.15) is 11.4 Å². The van der Waals surface area contributed by atoms with E-state index in [2.05, 4.69) is 0 Å². The molecule has 0 bridgehead atoms. The van der Waals surface area contributed by atoms with Gasteiger partial charge in [0.05, 0.1) is 5.52 Å². The number of fused-ring (bicyclic) bond motifs is 1. The van der Waals surface area contributed by atoms with E-state index < -0.39 is 11.7 Å². The van der Waals surface area contributed by atoms with Gasteiger partial charge in [-0.3, -0.25) is 4.57 Å². The molecule has 1 aromatic carbocycles. The molecule has 1 heterocycles. The largest absolute Gasteiger partial charge is 0.508 e. The van der Waals surface area contributed by atoms with Crippen LogP contribution in [0.15, 0.2) is 30.5 Å². The molecule has 0 unspecified atom stereocenters. The molecule has 4 heteroatoms. The fraction of sp³-hybridized carbons (Fsp3) is 0.308. The second kappa shape index (κ2) is 3.80. The van der Waals surface area contributed by atoms with E-state index >= 15 is 0 Å². The molecule has 2 rings (SSSR count). The molecule has 1 aromatic heterocycles. The van der Waals surface area contributed by atoms with Gasteiger partial charge in [-0.05, 0) is 39.0 Å². The zero-order chi connectivity index (χ0) is 12.6. The quantitative estimate of drug-likeness (QED) is 0.760. The van der Waals surface area contributed by atoms with Crippen LogP contribution < -0.4 is 0 Å². The van der Waals surface area contributed by atoms with Crippen LogP contribution in [0.2, 0.25) is 0 Å². The highest BCUT2D eigenvalue weighted by molar-refractivity contribution is 5.90. The van der Waals surface area contributed by atoms with Crippen LogP contribution in [0.25, 0.3) is 10.9 Å². The highest BCUT2D eigenvalue weighted by atomic mass is 16.6. The number of aromatic hydroxyl groups is 1. The standard InChI is InChI=1S/C13H15NO3/c1-13(2,3)17-12(16)14-7-6-9-4-5-10(15)8-11(9)14/h4-8,15H,1-3H3. The first kappa shape index (κ1) is 11.5. The molecule has 0 fully saturated rings. The van der Waals surface area contributed by atoms with Crippen LogP contribution in [0.1, 0.15) is 20.8 Å². The molecule has 4 nitrogen and oxygen atoms in total. The van der Waals surface area contributed by atoms with Crippen LogP contribution in [-0.2, 0) is 4.74 Å². The van der Waals surface area contributed by atoms with Crippen LogP contribution in [0, 0.1) is 0 Å². The summed E-state index contributed by atoms with van der Waals surface area (Å²) in [7, 11) is 0. The third-order valence-corrected chi connectivity index (χ3v) is 2.27. The molecule has 90 valence electrons. The maximum absolute atomic E-state index is 11.9. The van der Waals surface area contributed by atoms with Crippen molar-refractivity contribution in [1.82, 2.24) is 4.57 Å². The van der Waals surface area contributed by atoms with Crippen molar-refractivity contribution in [1.29, 1.82) is 0 Å². The SMILES string of the molecule is CC(C)(C)OC(=O)n1ccc2ccc(O)cc21. The number of carbonyl (C=O) groups excluding carboxylic acids is 1. The minimum atomic E-state index is -0.537. The maximum Gasteiger partial charge on any atom is 0.418 e. The molecular formula is C13H15NO3. The van der Waals surface area contributed by atoms with Crippen molar-refractivity contribution in [2.45, 2.75) is 26.4 Å². The number of phenols is 1. The molecule has 2 aromatic rings. The summed E-state index contributed by atoms with van der Waals surface area (Å²) in [6, 6.07) is 6.69. The average Bonchev–Trinajstić information content (AvgIpc) is 2.57. The summed E-state index contributed by atoms with van der Waals surface area (Å²) in [5, 5.41) is 10.3. The number of aromatic nitrogens is 1. The third-order valence-electron chi connectivity index (χ3n) is 2.27. The number of hydrogen-bond donors (Lipinski definition) is 1. The summed E-state index contributed by atoms with van der Waals surface area (Å²) in [6.07, 6.45) is 1.19. The first-order chi connectivity index (χ1) is 7.87. The molecule has 0 radical (unpaired) electrons. The highest BCUT2D eigenvalue weighted by Crippen LogP contribution is 2.22. The molecule has 1 N–H and O–H groups in total. The van der Waals surface area contributed by atoms with Gasteiger partial charge in [0, 0.05) is 17.6 Å². The minimum Gasteiger partial charge on any atom is -0.508 e. The van der Waals surface area contributed by atoms with E-state index in [1.807, 2.05) is 20.8 Å². The summed E-state index contributed by atoms with van der Waals surface area (Å²) < 4.78 is 6.66. The van der Waals surface area contributed by atoms with Gasteiger partial charge in [0.15, 0.2) is 0 Å². The van der Waals surface area contributed by atoms with Crippen molar-refractivity contribution >= 4 is 17.0 Å². The fourth-order valence-electron chi connectivity index (χ4n) is 1.59. The molecule has 0 aliphatic rings. The predicted octanol–water partition coefficient (Wildman–Crippen LogP) is 3.13. The summed E-state index contributed by atoms with van der Waals surface area (Å²) in [5.74, 6) is 0.126. The van der Waals surface area contributed by atoms with Gasteiger partial charge in [-0.15, -0.1) is 0 Å². The Balaban J connectivity index is 2.42. The lowest BCUT2D eigenvalue weighted by atomic mass is 10.2. The summed E-state index contributed by atoms with van der Waals surface area (Å²) in [5.41, 5.74) is 0.101. The van der Waals surface area contributed by atoms with Crippen molar-refractivity contribution < 1.29 is 14.6 Å². The Morgan fingerprint density at radius 1 is 1.29 bits per heavy atom. The van der Waals surface area contributed by atoms with E-state index in [9.17, 15) is 9.90 Å². The topological polar surface area (TPSA) is 51.5 Å². The van der Waals surface area contributed by atoms with Crippen molar-refractivity contribution in [2.24, 2.45) is 0 Å². The van der Waals surface area contributed by atoms with Gasteiger partial charge in [-0.25, -0.2) is 4.79 Å². The van der Waals surface area contributed by atoms with Crippen LogP contribution >= 0.6 is 0 Å². The van der Waals surface area contributed by atoms with Gasteiger partial charge in [0.2, 0.25) is 0 Å². The zero-order valence-electron chi connectivity index (χ0n) is 10.1. The number of benzene rings is 1. The van der Waals surface area contributed by atoms with Crippen LogP contribution in [-0.4, -0.2) is 21.4 Å². The number of nitrogens with zero attached hydrogens (tertiary/aromatic N) is 1. The van der Waals surface area contributed by atoms with Crippen molar-refractivity contribution in [3.8, 4) is 5.75 Å². The fourth-order valence-corrected chi connectivity index (χ4v) is 1.59. The Bertz CT molecular complexity index is 564. The second-order valence-corrected chi connectivity index (χ2v) is 4.91. The molecule has 0 aliphatic carbocycles. The van der Waals surface area contributed by atoms with Crippen LogP contribution in [0.3, 0.4) is 0 Å². The Labute approximate surface area is 99.4 Å². The van der Waals surface area contributed by atoms with E-state index in [0.717, 1.165) is 5.39 Å². The minimum absolute atomic E-state index is 0.126. The summed E-state index contributed by atoms with van der Waals surface area (Å²) >= 11 is 0. The molecule has 0 saturated heterocycles. The van der Waals surface area contributed by atoms with Gasteiger partial charge in [-0.1, -0.05) is 0 Å². The van der Waals surface area contributed by atoms with E-state index in [1.165, 1.54) is 4.57 Å². The van der Waals surface area contributed by atoms with E-state index in [0.29, 0.717) is 5.52 Å². The highest BCUT2D eigenvalue weighted by Gasteiger charge is 2.18. The second-order valence-electron chi connectivity index (χ2n) is 4.91. The predicted molar refractivity (Wildman–Crippen MR) is 65.2 cm³/mol. The Morgan fingerprint density at radius 3 is 2.65 bits per heavy atom. The molecular weight excluding hydrogens is 218 g/mol. The Kier molecular flexibility index (Phi) is 2.58. The maximum atomic E-state index is 11.9. The normalized spacial score (nSPS) is 11.7. The molecule has 0 atom stereocenters. The van der Waals surface area contributed by atoms with E-state index in [-0.39, 0.29) is 5.75 Å². The van der Waals surface area contributed by atoms with Crippen molar-refractivity contribution in [2.75, 3.05) is 0 Å². The molecule has 0 amide bonds. The molecule has 0 spiro atoms. The smallest absolute Gasteiger partial charge is 0.418 e. The lowest BCUT2D eigenvalue weighted by molar-refractivity contribution is 0.0544. The number of ether oxygens (including phenoxy) is 1. The van der Waals surface area contributed by atoms with Gasteiger partial charge in [0.25, 0.3) is 0 Å². The monoisotopic (exact) mass is 233 g/mol. The van der Waals surface area contributed by atoms with E-state index in [4.69, 9.17) is 4.74 Å². The van der Waals surface area contributed by atoms with Crippen molar-refractivity contribution in [3.63, 3.8) is 0 Å². The Hall–Kier alpha value is -1.97. The third kappa shape index (κ3) is 2.41. The van der Waals surface area contributed by atoms with Gasteiger partial charge >= 0.3 is 6.09 Å². The molecule has 0 saturated carbocycles.